The summed E-state index contributed by atoms with van der Waals surface area (Å²) < 4.78 is 0. The molecule has 1 aliphatic carbocycles. The van der Waals surface area contributed by atoms with Crippen molar-refractivity contribution in [2.75, 3.05) is 6.54 Å². The van der Waals surface area contributed by atoms with Gasteiger partial charge in [0.05, 0.1) is 6.10 Å². The van der Waals surface area contributed by atoms with E-state index < -0.39 is 0 Å². The number of hydrogen-bond donors (Lipinski definition) is 2. The third-order valence-corrected chi connectivity index (χ3v) is 4.95. The quantitative estimate of drug-likeness (QED) is 0.879. The molecule has 0 bridgehead atoms. The van der Waals surface area contributed by atoms with E-state index in [-0.39, 0.29) is 29.7 Å². The second kappa shape index (κ2) is 6.06. The summed E-state index contributed by atoms with van der Waals surface area (Å²) in [5.74, 6) is 0.421. The van der Waals surface area contributed by atoms with Gasteiger partial charge >= 0.3 is 0 Å². The number of nitrogens with zero attached hydrogens (tertiary/aromatic N) is 1. The van der Waals surface area contributed by atoms with Crippen molar-refractivity contribution in [3.05, 3.63) is 29.8 Å². The van der Waals surface area contributed by atoms with Crippen LogP contribution in [0.3, 0.4) is 0 Å². The lowest BCUT2D eigenvalue weighted by Crippen LogP contribution is -2.45. The number of carbonyl (C=O) groups is 1. The Morgan fingerprint density at radius 2 is 1.76 bits per heavy atom. The van der Waals surface area contributed by atoms with Gasteiger partial charge in [0.1, 0.15) is 5.75 Å². The van der Waals surface area contributed by atoms with E-state index >= 15 is 0 Å². The number of phenolic OH excluding ortho intramolecular Hbond substituents is 1. The molecule has 1 saturated carbocycles. The predicted molar refractivity (Wildman–Crippen MR) is 80.1 cm³/mol. The van der Waals surface area contributed by atoms with Gasteiger partial charge in [-0.25, -0.2) is 0 Å². The Bertz CT molecular complexity index is 499. The second-order valence-corrected chi connectivity index (χ2v) is 6.27. The van der Waals surface area contributed by atoms with Gasteiger partial charge in [-0.05, 0) is 49.9 Å². The maximum absolute atomic E-state index is 12.7. The molecule has 2 aliphatic rings. The minimum absolute atomic E-state index is 0.0234. The van der Waals surface area contributed by atoms with Crippen LogP contribution in [0.1, 0.15) is 48.9 Å². The maximum atomic E-state index is 12.7. The zero-order chi connectivity index (χ0) is 14.8. The molecule has 1 saturated heterocycles. The van der Waals surface area contributed by atoms with Gasteiger partial charge in [0.2, 0.25) is 0 Å². The predicted octanol–water partition coefficient (Wildman–Crippen LogP) is 2.55. The fraction of sp³-hybridized carbons (Fsp3) is 0.588. The SMILES string of the molecule is O=C(c1ccc(O)cc1)N1CCCC1C1CCCCC1O. The topological polar surface area (TPSA) is 60.8 Å². The van der Waals surface area contributed by atoms with Gasteiger partial charge < -0.3 is 15.1 Å². The van der Waals surface area contributed by atoms with E-state index in [4.69, 9.17) is 0 Å². The number of aromatic hydroxyl groups is 1. The molecule has 114 valence electrons. The zero-order valence-electron chi connectivity index (χ0n) is 12.2. The summed E-state index contributed by atoms with van der Waals surface area (Å²) in [5, 5.41) is 19.6. The highest BCUT2D eigenvalue weighted by molar-refractivity contribution is 5.94. The van der Waals surface area contributed by atoms with E-state index in [1.54, 1.807) is 24.3 Å². The fourth-order valence-electron chi connectivity index (χ4n) is 3.85. The normalized spacial score (nSPS) is 29.6. The molecular formula is C17H23NO3. The fourth-order valence-corrected chi connectivity index (χ4v) is 3.85. The molecule has 0 radical (unpaired) electrons. The molecule has 1 aliphatic heterocycles. The molecule has 4 heteroatoms. The van der Waals surface area contributed by atoms with Crippen LogP contribution >= 0.6 is 0 Å². The Hall–Kier alpha value is -1.55. The molecule has 3 atom stereocenters. The van der Waals surface area contributed by atoms with Crippen molar-refractivity contribution in [2.24, 2.45) is 5.92 Å². The maximum Gasteiger partial charge on any atom is 0.254 e. The standard InChI is InChI=1S/C17H23NO3/c19-13-9-7-12(8-10-13)17(21)18-11-3-5-15(18)14-4-1-2-6-16(14)20/h7-10,14-16,19-20H,1-6,11H2. The van der Waals surface area contributed by atoms with Crippen molar-refractivity contribution in [1.82, 2.24) is 4.90 Å². The van der Waals surface area contributed by atoms with Crippen molar-refractivity contribution in [1.29, 1.82) is 0 Å². The molecule has 1 amide bonds. The van der Waals surface area contributed by atoms with E-state index in [0.29, 0.717) is 5.56 Å². The molecule has 1 aromatic rings. The number of carbonyl (C=O) groups excluding carboxylic acids is 1. The summed E-state index contributed by atoms with van der Waals surface area (Å²) >= 11 is 0. The summed E-state index contributed by atoms with van der Waals surface area (Å²) in [5.41, 5.74) is 0.616. The van der Waals surface area contributed by atoms with Crippen LogP contribution in [-0.2, 0) is 0 Å². The summed E-state index contributed by atoms with van der Waals surface area (Å²) in [6.45, 7) is 0.771. The number of likely N-dealkylation sites (tertiary alicyclic amines) is 1. The monoisotopic (exact) mass is 289 g/mol. The lowest BCUT2D eigenvalue weighted by molar-refractivity contribution is 0.0211. The van der Waals surface area contributed by atoms with E-state index in [9.17, 15) is 15.0 Å². The summed E-state index contributed by atoms with van der Waals surface area (Å²) in [7, 11) is 0. The first kappa shape index (κ1) is 14.4. The van der Waals surface area contributed by atoms with Crippen molar-refractivity contribution in [3.8, 4) is 5.75 Å². The summed E-state index contributed by atoms with van der Waals surface area (Å²) in [6.07, 6.45) is 5.86. The van der Waals surface area contributed by atoms with Crippen LogP contribution in [0, 0.1) is 5.92 Å². The van der Waals surface area contributed by atoms with Crippen LogP contribution in [0.2, 0.25) is 0 Å². The summed E-state index contributed by atoms with van der Waals surface area (Å²) in [4.78, 5) is 14.6. The van der Waals surface area contributed by atoms with Gasteiger partial charge in [0, 0.05) is 24.1 Å². The van der Waals surface area contributed by atoms with Crippen molar-refractivity contribution in [2.45, 2.75) is 50.7 Å². The number of benzene rings is 1. The average molecular weight is 289 g/mol. The lowest BCUT2D eigenvalue weighted by Gasteiger charge is -2.37. The van der Waals surface area contributed by atoms with Gasteiger partial charge in [0.25, 0.3) is 5.91 Å². The lowest BCUT2D eigenvalue weighted by atomic mass is 9.80. The first-order valence-electron chi connectivity index (χ1n) is 7.95. The van der Waals surface area contributed by atoms with E-state index in [1.165, 1.54) is 0 Å². The van der Waals surface area contributed by atoms with Crippen molar-refractivity contribution >= 4 is 5.91 Å². The van der Waals surface area contributed by atoms with Crippen molar-refractivity contribution in [3.63, 3.8) is 0 Å². The number of aliphatic hydroxyl groups is 1. The van der Waals surface area contributed by atoms with Gasteiger partial charge in [-0.2, -0.15) is 0 Å². The number of rotatable bonds is 2. The smallest absolute Gasteiger partial charge is 0.254 e. The molecule has 1 aromatic carbocycles. The van der Waals surface area contributed by atoms with Crippen molar-refractivity contribution < 1.29 is 15.0 Å². The molecule has 1 heterocycles. The first-order chi connectivity index (χ1) is 10.2. The number of hydrogen-bond acceptors (Lipinski definition) is 3. The second-order valence-electron chi connectivity index (χ2n) is 6.27. The van der Waals surface area contributed by atoms with Crippen LogP contribution in [0.5, 0.6) is 5.75 Å². The molecule has 4 nitrogen and oxygen atoms in total. The van der Waals surface area contributed by atoms with Gasteiger partial charge in [-0.1, -0.05) is 12.8 Å². The molecule has 3 rings (SSSR count). The Balaban J connectivity index is 1.76. The van der Waals surface area contributed by atoms with Crippen LogP contribution in [0.15, 0.2) is 24.3 Å². The molecule has 21 heavy (non-hydrogen) atoms. The van der Waals surface area contributed by atoms with Crippen LogP contribution in [0.25, 0.3) is 0 Å². The minimum Gasteiger partial charge on any atom is -0.508 e. The Morgan fingerprint density at radius 3 is 2.48 bits per heavy atom. The third-order valence-electron chi connectivity index (χ3n) is 4.95. The average Bonchev–Trinajstić information content (AvgIpc) is 2.97. The highest BCUT2D eigenvalue weighted by atomic mass is 16.3. The van der Waals surface area contributed by atoms with Gasteiger partial charge in [-0.15, -0.1) is 0 Å². The number of phenols is 1. The molecule has 0 spiro atoms. The molecule has 0 aromatic heterocycles. The zero-order valence-corrected chi connectivity index (χ0v) is 12.2. The Morgan fingerprint density at radius 1 is 1.05 bits per heavy atom. The molecule has 2 fully saturated rings. The van der Waals surface area contributed by atoms with Crippen LogP contribution in [-0.4, -0.2) is 39.7 Å². The number of aliphatic hydroxyl groups excluding tert-OH is 1. The third kappa shape index (κ3) is 2.91. The van der Waals surface area contributed by atoms with E-state index in [1.807, 2.05) is 4.90 Å². The molecular weight excluding hydrogens is 266 g/mol. The largest absolute Gasteiger partial charge is 0.508 e. The Labute approximate surface area is 125 Å². The highest BCUT2D eigenvalue weighted by Gasteiger charge is 2.39. The number of amides is 1. The van der Waals surface area contributed by atoms with Gasteiger partial charge in [0.15, 0.2) is 0 Å². The highest BCUT2D eigenvalue weighted by Crippen LogP contribution is 2.35. The summed E-state index contributed by atoms with van der Waals surface area (Å²) in [6, 6.07) is 6.61. The van der Waals surface area contributed by atoms with Crippen LogP contribution in [0.4, 0.5) is 0 Å². The van der Waals surface area contributed by atoms with E-state index in [0.717, 1.165) is 45.1 Å². The minimum atomic E-state index is -0.267. The molecule has 3 unspecified atom stereocenters. The van der Waals surface area contributed by atoms with Crippen LogP contribution < -0.4 is 0 Å². The van der Waals surface area contributed by atoms with Gasteiger partial charge in [-0.3, -0.25) is 4.79 Å². The van der Waals surface area contributed by atoms with E-state index in [2.05, 4.69) is 0 Å². The Kier molecular flexibility index (Phi) is 4.15. The molecule has 2 N–H and O–H groups in total. The first-order valence-corrected chi connectivity index (χ1v) is 7.95.